The first-order valence-corrected chi connectivity index (χ1v) is 6.47. The molecule has 0 amide bonds. The normalized spacial score (nSPS) is 44.1. The summed E-state index contributed by atoms with van der Waals surface area (Å²) in [5, 5.41) is 3.54. The van der Waals surface area contributed by atoms with Gasteiger partial charge in [-0.3, -0.25) is 0 Å². The van der Waals surface area contributed by atoms with E-state index in [0.717, 1.165) is 17.3 Å². The van der Waals surface area contributed by atoms with Gasteiger partial charge in [0, 0.05) is 0 Å². The molecule has 14 heavy (non-hydrogen) atoms. The summed E-state index contributed by atoms with van der Waals surface area (Å²) >= 11 is 0. The first-order chi connectivity index (χ1) is 6.77. The van der Waals surface area contributed by atoms with Gasteiger partial charge >= 0.3 is 0 Å². The van der Waals surface area contributed by atoms with Gasteiger partial charge in [-0.2, -0.15) is 0 Å². The largest absolute Gasteiger partial charge is 0.316 e. The van der Waals surface area contributed by atoms with Crippen LogP contribution in [0.5, 0.6) is 0 Å². The molecule has 1 spiro atoms. The van der Waals surface area contributed by atoms with Crippen molar-refractivity contribution in [1.29, 1.82) is 0 Å². The van der Waals surface area contributed by atoms with E-state index in [2.05, 4.69) is 19.2 Å². The molecule has 3 unspecified atom stereocenters. The van der Waals surface area contributed by atoms with Gasteiger partial charge in [-0.1, -0.05) is 33.1 Å². The van der Waals surface area contributed by atoms with E-state index in [1.54, 1.807) is 0 Å². The Bertz CT molecular complexity index is 186. The van der Waals surface area contributed by atoms with Crippen molar-refractivity contribution in [2.45, 2.75) is 52.4 Å². The predicted molar refractivity (Wildman–Crippen MR) is 61.3 cm³/mol. The van der Waals surface area contributed by atoms with E-state index in [0.29, 0.717) is 0 Å². The van der Waals surface area contributed by atoms with Crippen molar-refractivity contribution in [3.05, 3.63) is 0 Å². The van der Waals surface area contributed by atoms with Gasteiger partial charge in [-0.05, 0) is 49.6 Å². The van der Waals surface area contributed by atoms with Crippen LogP contribution in [0.4, 0.5) is 0 Å². The molecule has 0 aromatic rings. The number of nitrogens with one attached hydrogen (secondary N) is 1. The Balaban J connectivity index is 2.04. The Morgan fingerprint density at radius 2 is 2.21 bits per heavy atom. The first kappa shape index (κ1) is 10.5. The monoisotopic (exact) mass is 195 g/mol. The second-order valence-corrected chi connectivity index (χ2v) is 5.59. The van der Waals surface area contributed by atoms with Crippen molar-refractivity contribution < 1.29 is 0 Å². The van der Waals surface area contributed by atoms with Crippen molar-refractivity contribution >= 4 is 0 Å². The lowest BCUT2D eigenvalue weighted by atomic mass is 9.60. The summed E-state index contributed by atoms with van der Waals surface area (Å²) in [5.74, 6) is 1.94. The zero-order chi connectivity index (χ0) is 10.0. The summed E-state index contributed by atoms with van der Waals surface area (Å²) in [6, 6.07) is 0. The molecule has 0 bridgehead atoms. The van der Waals surface area contributed by atoms with Crippen LogP contribution in [0.1, 0.15) is 52.4 Å². The third-order valence-corrected chi connectivity index (χ3v) is 4.86. The maximum absolute atomic E-state index is 3.54. The molecular formula is C13H25N. The molecule has 1 heterocycles. The fraction of sp³-hybridized carbons (Fsp3) is 1.00. The minimum atomic E-state index is 0.726. The van der Waals surface area contributed by atoms with Gasteiger partial charge in [0.1, 0.15) is 0 Å². The number of rotatable bonds is 1. The van der Waals surface area contributed by atoms with Gasteiger partial charge in [-0.25, -0.2) is 0 Å². The van der Waals surface area contributed by atoms with E-state index in [9.17, 15) is 0 Å². The predicted octanol–water partition coefficient (Wildman–Crippen LogP) is 3.20. The van der Waals surface area contributed by atoms with Gasteiger partial charge in [0.2, 0.25) is 0 Å². The third-order valence-electron chi connectivity index (χ3n) is 4.86. The van der Waals surface area contributed by atoms with E-state index >= 15 is 0 Å². The average molecular weight is 195 g/mol. The van der Waals surface area contributed by atoms with Gasteiger partial charge in [-0.15, -0.1) is 0 Å². The van der Waals surface area contributed by atoms with Crippen LogP contribution in [-0.4, -0.2) is 13.1 Å². The highest BCUT2D eigenvalue weighted by Crippen LogP contribution is 2.49. The zero-order valence-electron chi connectivity index (χ0n) is 9.81. The Morgan fingerprint density at radius 3 is 2.93 bits per heavy atom. The lowest BCUT2D eigenvalue weighted by Crippen LogP contribution is -2.46. The van der Waals surface area contributed by atoms with Crippen molar-refractivity contribution in [2.75, 3.05) is 13.1 Å². The maximum atomic E-state index is 3.54. The molecule has 1 aliphatic carbocycles. The Hall–Kier alpha value is -0.0400. The third kappa shape index (κ3) is 1.84. The molecule has 1 aliphatic heterocycles. The molecule has 2 fully saturated rings. The van der Waals surface area contributed by atoms with Crippen LogP contribution in [-0.2, 0) is 0 Å². The number of piperidine rings is 1. The Kier molecular flexibility index (Phi) is 3.16. The molecule has 1 heteroatoms. The van der Waals surface area contributed by atoms with E-state index < -0.39 is 0 Å². The summed E-state index contributed by atoms with van der Waals surface area (Å²) in [6.07, 6.45) is 8.85. The van der Waals surface area contributed by atoms with Crippen LogP contribution in [0.2, 0.25) is 0 Å². The van der Waals surface area contributed by atoms with E-state index in [1.165, 1.54) is 51.6 Å². The minimum Gasteiger partial charge on any atom is -0.316 e. The molecule has 0 aromatic carbocycles. The van der Waals surface area contributed by atoms with Gasteiger partial charge in [0.05, 0.1) is 0 Å². The zero-order valence-corrected chi connectivity index (χ0v) is 9.81. The van der Waals surface area contributed by atoms with Crippen LogP contribution >= 0.6 is 0 Å². The van der Waals surface area contributed by atoms with Crippen LogP contribution < -0.4 is 5.32 Å². The number of hydrogen-bond acceptors (Lipinski definition) is 1. The minimum absolute atomic E-state index is 0.726. The molecule has 82 valence electrons. The average Bonchev–Trinajstić information content (AvgIpc) is 2.23. The van der Waals surface area contributed by atoms with Crippen LogP contribution in [0.15, 0.2) is 0 Å². The molecular weight excluding hydrogens is 170 g/mol. The topological polar surface area (TPSA) is 12.0 Å². The second-order valence-electron chi connectivity index (χ2n) is 5.59. The van der Waals surface area contributed by atoms with Crippen LogP contribution in [0.25, 0.3) is 0 Å². The standard InChI is InChI=1S/C13H25N/c1-3-12-5-4-6-13(9-12)7-8-14-10-11(13)2/h11-12,14H,3-10H2,1-2H3. The molecule has 1 saturated carbocycles. The van der Waals surface area contributed by atoms with E-state index in [1.807, 2.05) is 0 Å². The summed E-state index contributed by atoms with van der Waals surface area (Å²) in [7, 11) is 0. The summed E-state index contributed by atoms with van der Waals surface area (Å²) in [4.78, 5) is 0. The molecule has 1 nitrogen and oxygen atoms in total. The smallest absolute Gasteiger partial charge is 0.00178 e. The highest BCUT2D eigenvalue weighted by Gasteiger charge is 2.41. The molecule has 1 saturated heterocycles. The van der Waals surface area contributed by atoms with Gasteiger partial charge < -0.3 is 5.32 Å². The van der Waals surface area contributed by atoms with Crippen LogP contribution in [0.3, 0.4) is 0 Å². The van der Waals surface area contributed by atoms with E-state index in [-0.39, 0.29) is 0 Å². The molecule has 2 rings (SSSR count). The molecule has 1 N–H and O–H groups in total. The second kappa shape index (κ2) is 4.22. The van der Waals surface area contributed by atoms with Crippen molar-refractivity contribution in [1.82, 2.24) is 5.32 Å². The lowest BCUT2D eigenvalue weighted by Gasteiger charge is -2.48. The molecule has 3 atom stereocenters. The molecule has 0 aromatic heterocycles. The van der Waals surface area contributed by atoms with Crippen molar-refractivity contribution in [3.63, 3.8) is 0 Å². The Labute approximate surface area is 88.7 Å². The Morgan fingerprint density at radius 1 is 1.36 bits per heavy atom. The highest BCUT2D eigenvalue weighted by atomic mass is 14.9. The van der Waals surface area contributed by atoms with Crippen molar-refractivity contribution in [3.8, 4) is 0 Å². The molecule has 2 aliphatic rings. The molecule has 0 radical (unpaired) electrons. The lowest BCUT2D eigenvalue weighted by molar-refractivity contribution is 0.0409. The summed E-state index contributed by atoms with van der Waals surface area (Å²) in [6.45, 7) is 7.36. The van der Waals surface area contributed by atoms with E-state index in [4.69, 9.17) is 0 Å². The first-order valence-electron chi connectivity index (χ1n) is 6.47. The SMILES string of the molecule is CCC1CCCC2(CCNCC2C)C1. The quantitative estimate of drug-likeness (QED) is 0.677. The van der Waals surface area contributed by atoms with Gasteiger partial charge in [0.15, 0.2) is 0 Å². The fourth-order valence-electron chi connectivity index (χ4n) is 3.66. The van der Waals surface area contributed by atoms with Crippen LogP contribution in [0, 0.1) is 17.3 Å². The summed E-state index contributed by atoms with van der Waals surface area (Å²) < 4.78 is 0. The highest BCUT2D eigenvalue weighted by molar-refractivity contribution is 4.93. The van der Waals surface area contributed by atoms with Crippen molar-refractivity contribution in [2.24, 2.45) is 17.3 Å². The number of hydrogen-bond donors (Lipinski definition) is 1. The van der Waals surface area contributed by atoms with Gasteiger partial charge in [0.25, 0.3) is 0 Å². The fourth-order valence-corrected chi connectivity index (χ4v) is 3.66. The maximum Gasteiger partial charge on any atom is -0.00178 e. The summed E-state index contributed by atoms with van der Waals surface area (Å²) in [5.41, 5.74) is 0.726.